The maximum atomic E-state index is 11.6. The highest BCUT2D eigenvalue weighted by molar-refractivity contribution is 7.17. The van der Waals surface area contributed by atoms with Crippen molar-refractivity contribution in [1.29, 1.82) is 0 Å². The minimum Gasteiger partial charge on any atom is -0.507 e. The molecule has 2 amide bonds. The van der Waals surface area contributed by atoms with Crippen molar-refractivity contribution in [3.63, 3.8) is 0 Å². The normalized spacial score (nSPS) is 10.2. The molecule has 0 radical (unpaired) electrons. The quantitative estimate of drug-likeness (QED) is 0.377. The molecule has 0 aliphatic carbocycles. The molecule has 0 saturated carbocycles. The maximum Gasteiger partial charge on any atom is 0.276 e. The lowest BCUT2D eigenvalue weighted by molar-refractivity contribution is 0.0940. The van der Waals surface area contributed by atoms with Gasteiger partial charge in [-0.1, -0.05) is 12.1 Å². The Morgan fingerprint density at radius 3 is 2.53 bits per heavy atom. The highest BCUT2D eigenvalue weighted by Crippen LogP contribution is 2.36. The number of primary amides is 1. The number of nitrogen functional groups attached to an aromatic ring is 1. The van der Waals surface area contributed by atoms with Gasteiger partial charge in [-0.2, -0.15) is 0 Å². The van der Waals surface area contributed by atoms with E-state index in [1.165, 1.54) is 12.1 Å². The number of hydrazine groups is 1. The fourth-order valence-electron chi connectivity index (χ4n) is 1.62. The predicted octanol–water partition coefficient (Wildman–Crippen LogP) is 0.823. The van der Waals surface area contributed by atoms with E-state index in [-0.39, 0.29) is 16.2 Å². The molecule has 0 unspecified atom stereocenters. The number of rotatable bonds is 3. The van der Waals surface area contributed by atoms with Gasteiger partial charge in [-0.05, 0) is 18.2 Å². The van der Waals surface area contributed by atoms with Crippen LogP contribution in [0.3, 0.4) is 0 Å². The van der Waals surface area contributed by atoms with Crippen molar-refractivity contribution >= 4 is 23.2 Å². The molecule has 1 heterocycles. The number of nitrogens with two attached hydrogens (primary N) is 2. The molecular formula is C12H11N3O3S. The van der Waals surface area contributed by atoms with Crippen LogP contribution < -0.4 is 17.0 Å². The van der Waals surface area contributed by atoms with E-state index in [4.69, 9.17) is 11.6 Å². The van der Waals surface area contributed by atoms with Gasteiger partial charge in [-0.15, -0.1) is 11.3 Å². The number of phenolic OH excluding ortho intramolecular Hbond substituents is 1. The summed E-state index contributed by atoms with van der Waals surface area (Å²) in [7, 11) is 0. The SMILES string of the molecule is NNC(=O)c1sc(-c2ccccc2O)cc1C(N)=O. The zero-order valence-corrected chi connectivity index (χ0v) is 10.5. The van der Waals surface area contributed by atoms with E-state index < -0.39 is 11.8 Å². The summed E-state index contributed by atoms with van der Waals surface area (Å²) in [5, 5.41) is 9.76. The van der Waals surface area contributed by atoms with Crippen molar-refractivity contribution in [2.75, 3.05) is 0 Å². The van der Waals surface area contributed by atoms with Gasteiger partial charge in [0.2, 0.25) is 5.91 Å². The van der Waals surface area contributed by atoms with Gasteiger partial charge in [-0.25, -0.2) is 5.84 Å². The Morgan fingerprint density at radius 1 is 1.26 bits per heavy atom. The Labute approximate surface area is 112 Å². The lowest BCUT2D eigenvalue weighted by atomic mass is 10.1. The Hall–Kier alpha value is -2.38. The Balaban J connectivity index is 2.58. The number of carbonyl (C=O) groups excluding carboxylic acids is 2. The number of hydrogen-bond acceptors (Lipinski definition) is 5. The Kier molecular flexibility index (Phi) is 3.50. The van der Waals surface area contributed by atoms with Crippen LogP contribution in [0.4, 0.5) is 0 Å². The number of carbonyl (C=O) groups is 2. The van der Waals surface area contributed by atoms with Gasteiger partial charge in [0.15, 0.2) is 0 Å². The number of phenols is 1. The first-order valence-electron chi connectivity index (χ1n) is 5.27. The van der Waals surface area contributed by atoms with Crippen LogP contribution in [0.1, 0.15) is 20.0 Å². The second-order valence-corrected chi connectivity index (χ2v) is 4.76. The zero-order valence-electron chi connectivity index (χ0n) is 9.71. The van der Waals surface area contributed by atoms with Gasteiger partial charge in [0.25, 0.3) is 5.91 Å². The molecule has 6 N–H and O–H groups in total. The molecule has 0 fully saturated rings. The van der Waals surface area contributed by atoms with Gasteiger partial charge < -0.3 is 10.8 Å². The minimum atomic E-state index is -0.725. The topological polar surface area (TPSA) is 118 Å². The minimum absolute atomic E-state index is 0.0551. The van der Waals surface area contributed by atoms with E-state index in [0.29, 0.717) is 10.4 Å². The van der Waals surface area contributed by atoms with Crippen molar-refractivity contribution in [3.8, 4) is 16.2 Å². The number of amides is 2. The smallest absolute Gasteiger partial charge is 0.276 e. The summed E-state index contributed by atoms with van der Waals surface area (Å²) in [5.41, 5.74) is 7.77. The standard InChI is InChI=1S/C12H11N3O3S/c13-11(17)7-5-9(19-10(7)12(18)15-14)6-3-1-2-4-8(6)16/h1-5,16H,14H2,(H2,13,17)(H,15,18). The van der Waals surface area contributed by atoms with Crippen LogP contribution in [0.5, 0.6) is 5.75 Å². The molecule has 0 atom stereocenters. The molecule has 6 nitrogen and oxygen atoms in total. The van der Waals surface area contributed by atoms with Gasteiger partial charge in [-0.3, -0.25) is 15.0 Å². The van der Waals surface area contributed by atoms with E-state index in [0.717, 1.165) is 11.3 Å². The van der Waals surface area contributed by atoms with Crippen LogP contribution >= 0.6 is 11.3 Å². The van der Waals surface area contributed by atoms with Crippen molar-refractivity contribution in [1.82, 2.24) is 5.43 Å². The summed E-state index contributed by atoms with van der Waals surface area (Å²) >= 11 is 1.03. The van der Waals surface area contributed by atoms with Crippen LogP contribution in [0.2, 0.25) is 0 Å². The fraction of sp³-hybridized carbons (Fsp3) is 0. The summed E-state index contributed by atoms with van der Waals surface area (Å²) in [6.45, 7) is 0. The maximum absolute atomic E-state index is 11.6. The second kappa shape index (κ2) is 5.09. The van der Waals surface area contributed by atoms with Crippen molar-refractivity contribution in [2.45, 2.75) is 0 Å². The number of thiophene rings is 1. The third-order valence-electron chi connectivity index (χ3n) is 2.50. The highest BCUT2D eigenvalue weighted by atomic mass is 32.1. The van der Waals surface area contributed by atoms with E-state index >= 15 is 0 Å². The van der Waals surface area contributed by atoms with Gasteiger partial charge >= 0.3 is 0 Å². The molecule has 0 aliphatic heterocycles. The van der Waals surface area contributed by atoms with Crippen LogP contribution in [-0.2, 0) is 0 Å². The lowest BCUT2D eigenvalue weighted by Crippen LogP contribution is -2.31. The number of aromatic hydroxyl groups is 1. The second-order valence-electron chi connectivity index (χ2n) is 3.71. The molecular weight excluding hydrogens is 266 g/mol. The first-order valence-corrected chi connectivity index (χ1v) is 6.09. The molecule has 1 aromatic heterocycles. The summed E-state index contributed by atoms with van der Waals surface area (Å²) in [5.74, 6) is 3.79. The Bertz CT molecular complexity index is 651. The number of benzene rings is 1. The molecule has 0 saturated heterocycles. The average molecular weight is 277 g/mol. The molecule has 19 heavy (non-hydrogen) atoms. The summed E-state index contributed by atoms with van der Waals surface area (Å²) in [6, 6.07) is 8.07. The largest absolute Gasteiger partial charge is 0.507 e. The average Bonchev–Trinajstić information content (AvgIpc) is 2.83. The van der Waals surface area contributed by atoms with Gasteiger partial charge in [0, 0.05) is 10.4 Å². The highest BCUT2D eigenvalue weighted by Gasteiger charge is 2.20. The third-order valence-corrected chi connectivity index (χ3v) is 3.67. The van der Waals surface area contributed by atoms with Crippen LogP contribution in [0, 0.1) is 0 Å². The molecule has 2 aromatic rings. The molecule has 98 valence electrons. The van der Waals surface area contributed by atoms with Crippen molar-refractivity contribution < 1.29 is 14.7 Å². The molecule has 0 aliphatic rings. The van der Waals surface area contributed by atoms with E-state index in [9.17, 15) is 14.7 Å². The van der Waals surface area contributed by atoms with Crippen molar-refractivity contribution in [2.24, 2.45) is 11.6 Å². The first-order chi connectivity index (χ1) is 9.04. The van der Waals surface area contributed by atoms with Crippen molar-refractivity contribution in [3.05, 3.63) is 40.8 Å². The molecule has 0 spiro atoms. The molecule has 7 heteroatoms. The first kappa shape index (κ1) is 13.1. The molecule has 1 aromatic carbocycles. The van der Waals surface area contributed by atoms with E-state index in [1.807, 2.05) is 5.43 Å². The molecule has 0 bridgehead atoms. The Morgan fingerprint density at radius 2 is 1.95 bits per heavy atom. The fourth-order valence-corrected chi connectivity index (χ4v) is 2.72. The van der Waals surface area contributed by atoms with Gasteiger partial charge in [0.1, 0.15) is 10.6 Å². The van der Waals surface area contributed by atoms with Crippen LogP contribution in [-0.4, -0.2) is 16.9 Å². The van der Waals surface area contributed by atoms with E-state index in [2.05, 4.69) is 0 Å². The summed E-state index contributed by atoms with van der Waals surface area (Å²) < 4.78 is 0. The number of hydrogen-bond donors (Lipinski definition) is 4. The summed E-state index contributed by atoms with van der Waals surface area (Å²) in [6.07, 6.45) is 0. The number of para-hydroxylation sites is 1. The summed E-state index contributed by atoms with van der Waals surface area (Å²) in [4.78, 5) is 23.6. The van der Waals surface area contributed by atoms with Gasteiger partial charge in [0.05, 0.1) is 5.56 Å². The van der Waals surface area contributed by atoms with Crippen LogP contribution in [0.15, 0.2) is 30.3 Å². The monoisotopic (exact) mass is 277 g/mol. The predicted molar refractivity (Wildman–Crippen MR) is 71.6 cm³/mol. The lowest BCUT2D eigenvalue weighted by Gasteiger charge is -1.99. The zero-order chi connectivity index (χ0) is 14.0. The van der Waals surface area contributed by atoms with E-state index in [1.54, 1.807) is 18.2 Å². The van der Waals surface area contributed by atoms with Crippen LogP contribution in [0.25, 0.3) is 10.4 Å². The molecule has 2 rings (SSSR count). The number of nitrogens with one attached hydrogen (secondary N) is 1. The third kappa shape index (κ3) is 2.42.